The number of nitrogens with one attached hydrogen (secondary N) is 1. The Hall–Kier alpha value is -3.23. The molecule has 31 heavy (non-hydrogen) atoms. The Balaban J connectivity index is 1.31. The molecule has 1 N–H and O–H groups in total. The number of hydrogen-bond donors (Lipinski definition) is 1. The molecule has 0 saturated heterocycles. The van der Waals surface area contributed by atoms with Crippen LogP contribution in [0.3, 0.4) is 0 Å². The Labute approximate surface area is 187 Å². The fourth-order valence-corrected chi connectivity index (χ4v) is 4.01. The quantitative estimate of drug-likeness (QED) is 0.485. The van der Waals surface area contributed by atoms with Crippen molar-refractivity contribution in [2.75, 3.05) is 6.54 Å². The zero-order chi connectivity index (χ0) is 21.2. The lowest BCUT2D eigenvalue weighted by Crippen LogP contribution is -2.35. The minimum atomic E-state index is -0.0998. The molecule has 0 unspecified atom stereocenters. The first-order valence-corrected chi connectivity index (χ1v) is 10.8. The molecule has 0 aliphatic carbocycles. The lowest BCUT2D eigenvalue weighted by Gasteiger charge is -2.27. The lowest BCUT2D eigenvalue weighted by atomic mass is 10.1. The van der Waals surface area contributed by atoms with Gasteiger partial charge in [-0.15, -0.1) is 0 Å². The fourth-order valence-electron chi connectivity index (χ4n) is 3.74. The third-order valence-electron chi connectivity index (χ3n) is 5.35. The Morgan fingerprint density at radius 2 is 1.81 bits per heavy atom. The number of rotatable bonds is 4. The molecule has 0 bridgehead atoms. The topological polar surface area (TPSA) is 87.7 Å². The van der Waals surface area contributed by atoms with Crippen molar-refractivity contribution < 1.29 is 0 Å². The van der Waals surface area contributed by atoms with Gasteiger partial charge in [0.25, 0.3) is 5.56 Å². The largest absolute Gasteiger partial charge is 0.306 e. The highest BCUT2D eigenvalue weighted by molar-refractivity contribution is 9.10. The molecule has 0 amide bonds. The highest BCUT2D eigenvalue weighted by atomic mass is 79.9. The predicted molar refractivity (Wildman–Crippen MR) is 121 cm³/mol. The molecule has 0 atom stereocenters. The van der Waals surface area contributed by atoms with Gasteiger partial charge >= 0.3 is 0 Å². The predicted octanol–water partition coefficient (Wildman–Crippen LogP) is 3.61. The van der Waals surface area contributed by atoms with Gasteiger partial charge in [-0.05, 0) is 23.8 Å². The van der Waals surface area contributed by atoms with Crippen molar-refractivity contribution in [3.8, 4) is 22.6 Å². The van der Waals surface area contributed by atoms with Crippen LogP contribution < -0.4 is 5.56 Å². The van der Waals surface area contributed by atoms with E-state index in [1.54, 1.807) is 12.4 Å². The van der Waals surface area contributed by atoms with Crippen molar-refractivity contribution in [2.45, 2.75) is 19.5 Å². The zero-order valence-electron chi connectivity index (χ0n) is 16.6. The van der Waals surface area contributed by atoms with Crippen LogP contribution in [0.2, 0.25) is 0 Å². The number of fused-ring (bicyclic) bond motifs is 1. The average Bonchev–Trinajstić information content (AvgIpc) is 2.81. The molecule has 1 aliphatic heterocycles. The summed E-state index contributed by atoms with van der Waals surface area (Å²) in [6.45, 7) is 2.14. The summed E-state index contributed by atoms with van der Waals surface area (Å²) in [6.07, 6.45) is 7.39. The summed E-state index contributed by atoms with van der Waals surface area (Å²) in [7, 11) is 0. The molecule has 0 saturated carbocycles. The second kappa shape index (κ2) is 8.49. The van der Waals surface area contributed by atoms with Crippen molar-refractivity contribution in [3.05, 3.63) is 93.0 Å². The van der Waals surface area contributed by atoms with Crippen molar-refractivity contribution in [1.82, 2.24) is 29.8 Å². The first-order valence-electron chi connectivity index (χ1n) is 9.96. The molecule has 0 spiro atoms. The summed E-state index contributed by atoms with van der Waals surface area (Å²) in [5.74, 6) is 0.519. The van der Waals surface area contributed by atoms with Gasteiger partial charge in [0.2, 0.25) is 0 Å². The van der Waals surface area contributed by atoms with E-state index in [0.717, 1.165) is 52.1 Å². The minimum absolute atomic E-state index is 0.0998. The third-order valence-corrected chi connectivity index (χ3v) is 5.88. The maximum absolute atomic E-state index is 12.7. The normalized spacial score (nSPS) is 13.7. The van der Waals surface area contributed by atoms with Crippen LogP contribution in [0.4, 0.5) is 0 Å². The molecule has 5 rings (SSSR count). The minimum Gasteiger partial charge on any atom is -0.306 e. The number of benzene rings is 1. The molecule has 8 heteroatoms. The van der Waals surface area contributed by atoms with Crippen LogP contribution in [0.1, 0.15) is 16.8 Å². The van der Waals surface area contributed by atoms with E-state index in [-0.39, 0.29) is 5.56 Å². The van der Waals surface area contributed by atoms with Gasteiger partial charge in [0.1, 0.15) is 12.2 Å². The summed E-state index contributed by atoms with van der Waals surface area (Å²) < 4.78 is 1.05. The van der Waals surface area contributed by atoms with E-state index < -0.39 is 0 Å². The van der Waals surface area contributed by atoms with E-state index in [1.807, 2.05) is 36.5 Å². The van der Waals surface area contributed by atoms with Gasteiger partial charge in [0.15, 0.2) is 0 Å². The van der Waals surface area contributed by atoms with Crippen LogP contribution in [0.15, 0.2) is 70.6 Å². The number of halogens is 1. The van der Waals surface area contributed by atoms with Crippen molar-refractivity contribution in [3.63, 3.8) is 0 Å². The van der Waals surface area contributed by atoms with E-state index >= 15 is 0 Å². The Bertz CT molecular complexity index is 1260. The number of H-pyrrole nitrogens is 1. The molecular formula is C23H19BrN6O. The maximum atomic E-state index is 12.7. The van der Waals surface area contributed by atoms with Gasteiger partial charge in [0, 0.05) is 54.7 Å². The molecular weight excluding hydrogens is 456 g/mol. The SMILES string of the molecule is O=c1[nH]c(-c2cncnc2)nc2c1CN(Cc1ccc(-c3ccc(Br)cc3)nc1)CC2. The van der Waals surface area contributed by atoms with Crippen LogP contribution in [-0.4, -0.2) is 36.4 Å². The molecule has 1 aliphatic rings. The number of aromatic nitrogens is 5. The summed E-state index contributed by atoms with van der Waals surface area (Å²) >= 11 is 3.46. The van der Waals surface area contributed by atoms with E-state index in [2.05, 4.69) is 51.8 Å². The Morgan fingerprint density at radius 1 is 1.00 bits per heavy atom. The van der Waals surface area contributed by atoms with Gasteiger partial charge < -0.3 is 4.98 Å². The van der Waals surface area contributed by atoms with Crippen LogP contribution in [0.5, 0.6) is 0 Å². The Morgan fingerprint density at radius 3 is 2.55 bits per heavy atom. The molecule has 0 fully saturated rings. The second-order valence-corrected chi connectivity index (χ2v) is 8.40. The summed E-state index contributed by atoms with van der Waals surface area (Å²) in [6, 6.07) is 12.3. The van der Waals surface area contributed by atoms with Gasteiger partial charge in [-0.25, -0.2) is 15.0 Å². The molecule has 0 radical (unpaired) electrons. The molecule has 4 aromatic rings. The standard InChI is InChI=1S/C23H19BrN6O/c24-18-4-2-16(3-5-18)20-6-1-15(9-27-20)12-30-8-7-21-19(13-30)23(31)29-22(28-21)17-10-25-14-26-11-17/h1-6,9-11,14H,7-8,12-13H2,(H,28,29,31). The van der Waals surface area contributed by atoms with Crippen LogP contribution in [0.25, 0.3) is 22.6 Å². The summed E-state index contributed by atoms with van der Waals surface area (Å²) in [4.78, 5) is 35.1. The van der Waals surface area contributed by atoms with E-state index in [4.69, 9.17) is 0 Å². The first kappa shape index (κ1) is 19.7. The number of pyridine rings is 1. The summed E-state index contributed by atoms with van der Waals surface area (Å²) in [5, 5.41) is 0. The second-order valence-electron chi connectivity index (χ2n) is 7.49. The van der Waals surface area contributed by atoms with Crippen LogP contribution in [0, 0.1) is 0 Å². The van der Waals surface area contributed by atoms with E-state index in [9.17, 15) is 4.79 Å². The average molecular weight is 475 g/mol. The van der Waals surface area contributed by atoms with Crippen molar-refractivity contribution in [1.29, 1.82) is 0 Å². The number of nitrogens with zero attached hydrogens (tertiary/aromatic N) is 5. The summed E-state index contributed by atoms with van der Waals surface area (Å²) in [5.41, 5.74) is 5.33. The van der Waals surface area contributed by atoms with Gasteiger partial charge in [-0.2, -0.15) is 0 Å². The molecule has 7 nitrogen and oxygen atoms in total. The smallest absolute Gasteiger partial charge is 0.255 e. The van der Waals surface area contributed by atoms with Crippen LogP contribution in [-0.2, 0) is 19.5 Å². The van der Waals surface area contributed by atoms with E-state index in [0.29, 0.717) is 17.9 Å². The van der Waals surface area contributed by atoms with E-state index in [1.165, 1.54) is 6.33 Å². The number of hydrogen-bond acceptors (Lipinski definition) is 6. The first-order chi connectivity index (χ1) is 15.2. The van der Waals surface area contributed by atoms with Gasteiger partial charge in [-0.3, -0.25) is 14.7 Å². The van der Waals surface area contributed by atoms with Gasteiger partial charge in [0.05, 0.1) is 22.5 Å². The molecule has 3 aromatic heterocycles. The van der Waals surface area contributed by atoms with Gasteiger partial charge in [-0.1, -0.05) is 34.1 Å². The highest BCUT2D eigenvalue weighted by Gasteiger charge is 2.21. The van der Waals surface area contributed by atoms with Crippen molar-refractivity contribution >= 4 is 15.9 Å². The molecule has 4 heterocycles. The number of aromatic amines is 1. The maximum Gasteiger partial charge on any atom is 0.255 e. The zero-order valence-corrected chi connectivity index (χ0v) is 18.2. The third kappa shape index (κ3) is 4.30. The van der Waals surface area contributed by atoms with Crippen LogP contribution >= 0.6 is 15.9 Å². The Kier molecular flexibility index (Phi) is 5.40. The monoisotopic (exact) mass is 474 g/mol. The fraction of sp³-hybridized carbons (Fsp3) is 0.174. The highest BCUT2D eigenvalue weighted by Crippen LogP contribution is 2.22. The lowest BCUT2D eigenvalue weighted by molar-refractivity contribution is 0.241. The molecule has 154 valence electrons. The molecule has 1 aromatic carbocycles. The van der Waals surface area contributed by atoms with Crippen molar-refractivity contribution in [2.24, 2.45) is 0 Å².